The van der Waals surface area contributed by atoms with E-state index in [4.69, 9.17) is 0 Å². The van der Waals surface area contributed by atoms with Crippen molar-refractivity contribution in [1.82, 2.24) is 14.6 Å². The molecule has 0 bridgehead atoms. The van der Waals surface area contributed by atoms with E-state index in [1.807, 2.05) is 14.0 Å². The molecular weight excluding hydrogens is 276 g/mol. The lowest BCUT2D eigenvalue weighted by atomic mass is 10.2. The summed E-state index contributed by atoms with van der Waals surface area (Å²) in [6.45, 7) is 4.14. The zero-order valence-electron chi connectivity index (χ0n) is 12.0. The number of nitrogens with zero attached hydrogens (tertiary/aromatic N) is 2. The monoisotopic (exact) mass is 298 g/mol. The highest BCUT2D eigenvalue weighted by Gasteiger charge is 2.23. The van der Waals surface area contributed by atoms with Crippen LogP contribution in [0.15, 0.2) is 23.2 Å². The molecular formula is C13H22N4O2S. The Hall–Kier alpha value is -1.18. The van der Waals surface area contributed by atoms with Crippen LogP contribution in [0.5, 0.6) is 0 Å². The second-order valence-corrected chi connectivity index (χ2v) is 6.80. The molecule has 0 saturated carbocycles. The van der Waals surface area contributed by atoms with E-state index in [9.17, 15) is 8.42 Å². The highest BCUT2D eigenvalue weighted by atomic mass is 32.2. The van der Waals surface area contributed by atoms with Gasteiger partial charge in [-0.3, -0.25) is 0 Å². The highest BCUT2D eigenvalue weighted by molar-refractivity contribution is 7.89. The smallest absolute Gasteiger partial charge is 0.240 e. The van der Waals surface area contributed by atoms with Crippen LogP contribution in [0.4, 0.5) is 5.82 Å². The van der Waals surface area contributed by atoms with Gasteiger partial charge in [0.2, 0.25) is 10.0 Å². The first-order valence-corrected chi connectivity index (χ1v) is 8.41. The third-order valence-corrected chi connectivity index (χ3v) is 5.00. The first-order chi connectivity index (χ1) is 9.53. The van der Waals surface area contributed by atoms with Gasteiger partial charge in [0.15, 0.2) is 0 Å². The molecule has 1 aromatic heterocycles. The molecule has 1 unspecified atom stereocenters. The third kappa shape index (κ3) is 3.68. The maximum atomic E-state index is 12.3. The van der Waals surface area contributed by atoms with E-state index in [-0.39, 0.29) is 4.90 Å². The van der Waals surface area contributed by atoms with Gasteiger partial charge >= 0.3 is 0 Å². The molecule has 2 heterocycles. The van der Waals surface area contributed by atoms with Gasteiger partial charge in [-0.25, -0.2) is 18.1 Å². The number of pyridine rings is 1. The molecule has 0 spiro atoms. The molecule has 20 heavy (non-hydrogen) atoms. The number of hydrogen-bond acceptors (Lipinski definition) is 5. The van der Waals surface area contributed by atoms with Crippen LogP contribution in [0.3, 0.4) is 0 Å². The Morgan fingerprint density at radius 2 is 2.30 bits per heavy atom. The van der Waals surface area contributed by atoms with Crippen LogP contribution in [-0.4, -0.2) is 51.0 Å². The summed E-state index contributed by atoms with van der Waals surface area (Å²) in [6.07, 6.45) is 3.68. The molecule has 6 nitrogen and oxygen atoms in total. The van der Waals surface area contributed by atoms with Gasteiger partial charge in [0.05, 0.1) is 4.90 Å². The maximum Gasteiger partial charge on any atom is 0.240 e. The molecule has 1 saturated heterocycles. The van der Waals surface area contributed by atoms with Crippen molar-refractivity contribution >= 4 is 15.8 Å². The summed E-state index contributed by atoms with van der Waals surface area (Å²) in [7, 11) is -1.44. The highest BCUT2D eigenvalue weighted by Crippen LogP contribution is 2.16. The Balaban J connectivity index is 2.04. The quantitative estimate of drug-likeness (QED) is 0.816. The van der Waals surface area contributed by atoms with Gasteiger partial charge < -0.3 is 10.2 Å². The minimum atomic E-state index is -3.47. The van der Waals surface area contributed by atoms with E-state index in [0.29, 0.717) is 24.9 Å². The van der Waals surface area contributed by atoms with Gasteiger partial charge in [-0.1, -0.05) is 0 Å². The minimum absolute atomic E-state index is 0.254. The van der Waals surface area contributed by atoms with Crippen LogP contribution in [0.25, 0.3) is 0 Å². The first-order valence-electron chi connectivity index (χ1n) is 6.93. The van der Waals surface area contributed by atoms with Crippen LogP contribution >= 0.6 is 0 Å². The maximum absolute atomic E-state index is 12.3. The van der Waals surface area contributed by atoms with E-state index in [2.05, 4.69) is 19.9 Å². The molecule has 2 N–H and O–H groups in total. The summed E-state index contributed by atoms with van der Waals surface area (Å²) in [5, 5.41) is 3.01. The molecule has 1 atom stereocenters. The number of sulfonamides is 1. The lowest BCUT2D eigenvalue weighted by Crippen LogP contribution is -2.38. The molecule has 7 heteroatoms. The van der Waals surface area contributed by atoms with Crippen molar-refractivity contribution in [2.75, 3.05) is 32.0 Å². The largest absolute Gasteiger partial charge is 0.370 e. The van der Waals surface area contributed by atoms with E-state index < -0.39 is 10.0 Å². The Morgan fingerprint density at radius 3 is 2.95 bits per heavy atom. The second-order valence-electron chi connectivity index (χ2n) is 5.04. The lowest BCUT2D eigenvalue weighted by Gasteiger charge is -2.19. The molecule has 0 aliphatic carbocycles. The summed E-state index contributed by atoms with van der Waals surface area (Å²) in [6, 6.07) is 3.37. The van der Waals surface area contributed by atoms with Crippen molar-refractivity contribution in [3.05, 3.63) is 18.3 Å². The van der Waals surface area contributed by atoms with Gasteiger partial charge in [-0.2, -0.15) is 0 Å². The third-order valence-electron chi connectivity index (χ3n) is 3.58. The standard InChI is InChI=1S/C13H22N4O2S/c1-3-14-13-9-12(6-7-15-13)20(18,19)16-10-11-5-4-8-17(11)2/h6-7,9,11,16H,3-5,8,10H2,1-2H3,(H,14,15). The van der Waals surface area contributed by atoms with Crippen molar-refractivity contribution in [2.24, 2.45) is 0 Å². The average molecular weight is 298 g/mol. The molecule has 1 aliphatic rings. The molecule has 0 radical (unpaired) electrons. The number of likely N-dealkylation sites (tertiary alicyclic amines) is 1. The number of anilines is 1. The van der Waals surface area contributed by atoms with E-state index in [1.54, 1.807) is 6.07 Å². The number of likely N-dealkylation sites (N-methyl/N-ethyl adjacent to an activating group) is 1. The normalized spacial score (nSPS) is 20.2. The summed E-state index contributed by atoms with van der Waals surface area (Å²) < 4.78 is 27.2. The fraction of sp³-hybridized carbons (Fsp3) is 0.615. The number of rotatable bonds is 6. The first kappa shape index (κ1) is 15.2. The van der Waals surface area contributed by atoms with Gasteiger partial charge in [-0.05, 0) is 39.4 Å². The van der Waals surface area contributed by atoms with Gasteiger partial charge in [0.25, 0.3) is 0 Å². The lowest BCUT2D eigenvalue weighted by molar-refractivity contribution is 0.311. The molecule has 112 valence electrons. The van der Waals surface area contributed by atoms with Crippen molar-refractivity contribution in [1.29, 1.82) is 0 Å². The van der Waals surface area contributed by atoms with Crippen LogP contribution in [0.1, 0.15) is 19.8 Å². The zero-order chi connectivity index (χ0) is 14.6. The summed E-state index contributed by atoms with van der Waals surface area (Å²) in [5.74, 6) is 0.577. The molecule has 1 fully saturated rings. The van der Waals surface area contributed by atoms with Crippen molar-refractivity contribution in [3.8, 4) is 0 Å². The average Bonchev–Trinajstić information content (AvgIpc) is 2.83. The Labute approximate surface area is 120 Å². The Kier molecular flexibility index (Phi) is 4.95. The Bertz CT molecular complexity index is 547. The summed E-state index contributed by atoms with van der Waals surface area (Å²) >= 11 is 0. The molecule has 1 aliphatic heterocycles. The molecule has 0 aromatic carbocycles. The summed E-state index contributed by atoms with van der Waals surface area (Å²) in [5.41, 5.74) is 0. The zero-order valence-corrected chi connectivity index (χ0v) is 12.8. The van der Waals surface area contributed by atoms with E-state index in [0.717, 1.165) is 19.4 Å². The van der Waals surface area contributed by atoms with Crippen molar-refractivity contribution in [2.45, 2.75) is 30.7 Å². The number of hydrogen-bond donors (Lipinski definition) is 2. The van der Waals surface area contributed by atoms with Crippen molar-refractivity contribution < 1.29 is 8.42 Å². The predicted molar refractivity (Wildman–Crippen MR) is 79.2 cm³/mol. The molecule has 1 aromatic rings. The fourth-order valence-electron chi connectivity index (χ4n) is 2.38. The van der Waals surface area contributed by atoms with Crippen LogP contribution in [0.2, 0.25) is 0 Å². The van der Waals surface area contributed by atoms with E-state index >= 15 is 0 Å². The van der Waals surface area contributed by atoms with Crippen LogP contribution < -0.4 is 10.0 Å². The number of aromatic nitrogens is 1. The Morgan fingerprint density at radius 1 is 1.50 bits per heavy atom. The van der Waals surface area contributed by atoms with Crippen molar-refractivity contribution in [3.63, 3.8) is 0 Å². The fourth-order valence-corrected chi connectivity index (χ4v) is 3.47. The summed E-state index contributed by atoms with van der Waals surface area (Å²) in [4.78, 5) is 6.53. The molecule has 2 rings (SSSR count). The van der Waals surface area contributed by atoms with Gasteiger partial charge in [-0.15, -0.1) is 0 Å². The van der Waals surface area contributed by atoms with Crippen LogP contribution in [0, 0.1) is 0 Å². The minimum Gasteiger partial charge on any atom is -0.370 e. The number of nitrogens with one attached hydrogen (secondary N) is 2. The van der Waals surface area contributed by atoms with Gasteiger partial charge in [0, 0.05) is 31.4 Å². The van der Waals surface area contributed by atoms with Gasteiger partial charge in [0.1, 0.15) is 5.82 Å². The second kappa shape index (κ2) is 6.51. The SMILES string of the molecule is CCNc1cc(S(=O)(=O)NCC2CCCN2C)ccn1. The van der Waals surface area contributed by atoms with E-state index in [1.165, 1.54) is 12.3 Å². The predicted octanol–water partition coefficient (Wildman–Crippen LogP) is 0.886. The van der Waals surface area contributed by atoms with Crippen LogP contribution in [-0.2, 0) is 10.0 Å². The topological polar surface area (TPSA) is 74.3 Å². The molecule has 0 amide bonds.